The van der Waals surface area contributed by atoms with Gasteiger partial charge in [0.25, 0.3) is 5.91 Å². The van der Waals surface area contributed by atoms with Crippen LogP contribution in [0.15, 0.2) is 30.6 Å². The minimum absolute atomic E-state index is 0.163. The van der Waals surface area contributed by atoms with E-state index in [1.807, 2.05) is 29.3 Å². The van der Waals surface area contributed by atoms with Gasteiger partial charge in [-0.15, -0.1) is 0 Å². The monoisotopic (exact) mass is 339 g/mol. The van der Waals surface area contributed by atoms with E-state index in [9.17, 15) is 4.79 Å². The molecule has 25 heavy (non-hydrogen) atoms. The second kappa shape index (κ2) is 7.85. The van der Waals surface area contributed by atoms with Gasteiger partial charge in [-0.1, -0.05) is 19.4 Å². The predicted molar refractivity (Wildman–Crippen MR) is 101 cm³/mol. The molecule has 4 nitrogen and oxygen atoms in total. The highest BCUT2D eigenvalue weighted by molar-refractivity contribution is 5.94. The Bertz CT molecular complexity index is 726. The minimum Gasteiger partial charge on any atom is -0.339 e. The van der Waals surface area contributed by atoms with Crippen LogP contribution in [0.25, 0.3) is 0 Å². The first-order chi connectivity index (χ1) is 12.1. The van der Waals surface area contributed by atoms with Crippen molar-refractivity contribution in [3.8, 4) is 0 Å². The van der Waals surface area contributed by atoms with Gasteiger partial charge < -0.3 is 9.47 Å². The lowest BCUT2D eigenvalue weighted by Crippen LogP contribution is -2.38. The average Bonchev–Trinajstić information content (AvgIpc) is 3.10. The predicted octanol–water partition coefficient (Wildman–Crippen LogP) is 4.32. The van der Waals surface area contributed by atoms with Crippen LogP contribution in [0.3, 0.4) is 0 Å². The second-order valence-corrected chi connectivity index (χ2v) is 7.20. The Hall–Kier alpha value is -2.10. The van der Waals surface area contributed by atoms with Crippen molar-refractivity contribution in [1.29, 1.82) is 0 Å². The summed E-state index contributed by atoms with van der Waals surface area (Å²) in [7, 11) is 0. The highest BCUT2D eigenvalue weighted by atomic mass is 16.2. The van der Waals surface area contributed by atoms with Gasteiger partial charge in [0.2, 0.25) is 0 Å². The van der Waals surface area contributed by atoms with Crippen LogP contribution >= 0.6 is 0 Å². The van der Waals surface area contributed by atoms with Crippen LogP contribution < -0.4 is 0 Å². The molecular formula is C21H29N3O. The van der Waals surface area contributed by atoms with Crippen LogP contribution in [-0.4, -0.2) is 33.4 Å². The summed E-state index contributed by atoms with van der Waals surface area (Å²) in [5.41, 5.74) is 3.22. The van der Waals surface area contributed by atoms with Crippen LogP contribution in [0, 0.1) is 13.8 Å². The van der Waals surface area contributed by atoms with Gasteiger partial charge in [-0.3, -0.25) is 4.79 Å². The zero-order chi connectivity index (χ0) is 17.8. The fourth-order valence-corrected chi connectivity index (χ4v) is 3.60. The first-order valence-corrected chi connectivity index (χ1v) is 9.47. The summed E-state index contributed by atoms with van der Waals surface area (Å²) >= 11 is 0. The van der Waals surface area contributed by atoms with Gasteiger partial charge >= 0.3 is 0 Å². The zero-order valence-corrected chi connectivity index (χ0v) is 15.7. The van der Waals surface area contributed by atoms with E-state index in [2.05, 4.69) is 36.5 Å². The molecule has 0 saturated carbocycles. The molecule has 0 radical (unpaired) electrons. The maximum atomic E-state index is 12.8. The molecule has 1 aromatic carbocycles. The summed E-state index contributed by atoms with van der Waals surface area (Å²) in [5, 5.41) is 0. The molecule has 134 valence electrons. The molecule has 2 heterocycles. The largest absolute Gasteiger partial charge is 0.339 e. The number of amides is 1. The number of rotatable bonds is 5. The van der Waals surface area contributed by atoms with Crippen molar-refractivity contribution in [2.24, 2.45) is 0 Å². The molecule has 0 atom stereocenters. The lowest BCUT2D eigenvalue weighted by molar-refractivity contribution is 0.0710. The first-order valence-electron chi connectivity index (χ1n) is 9.47. The number of imidazole rings is 1. The Balaban J connectivity index is 1.62. The van der Waals surface area contributed by atoms with E-state index in [1.54, 1.807) is 0 Å². The van der Waals surface area contributed by atoms with Crippen molar-refractivity contribution < 1.29 is 4.79 Å². The number of hydrogen-bond acceptors (Lipinski definition) is 2. The summed E-state index contributed by atoms with van der Waals surface area (Å²) in [4.78, 5) is 19.4. The van der Waals surface area contributed by atoms with E-state index in [4.69, 9.17) is 0 Å². The molecule has 2 aromatic rings. The molecule has 1 saturated heterocycles. The molecule has 0 aliphatic carbocycles. The molecule has 0 N–H and O–H groups in total. The number of carbonyl (C=O) groups excluding carboxylic acids is 1. The number of piperidine rings is 1. The normalized spacial score (nSPS) is 15.6. The van der Waals surface area contributed by atoms with Gasteiger partial charge in [-0.05, 0) is 56.4 Å². The quantitative estimate of drug-likeness (QED) is 0.813. The molecule has 1 aliphatic heterocycles. The zero-order valence-electron chi connectivity index (χ0n) is 15.7. The number of aryl methyl sites for hydroxylation is 3. The molecular weight excluding hydrogens is 310 g/mol. The van der Waals surface area contributed by atoms with Gasteiger partial charge in [0.15, 0.2) is 0 Å². The Morgan fingerprint density at radius 3 is 2.64 bits per heavy atom. The number of benzene rings is 1. The first kappa shape index (κ1) is 17.7. The molecule has 0 bridgehead atoms. The smallest absolute Gasteiger partial charge is 0.253 e. The molecule has 1 fully saturated rings. The van der Waals surface area contributed by atoms with Crippen LogP contribution in [0.1, 0.15) is 65.8 Å². The summed E-state index contributed by atoms with van der Waals surface area (Å²) in [6.07, 6.45) is 8.39. The number of aromatic nitrogens is 2. The summed E-state index contributed by atoms with van der Waals surface area (Å²) in [5.74, 6) is 1.83. The average molecular weight is 339 g/mol. The van der Waals surface area contributed by atoms with Crippen molar-refractivity contribution in [3.05, 3.63) is 53.1 Å². The van der Waals surface area contributed by atoms with Gasteiger partial charge in [-0.25, -0.2) is 4.98 Å². The topological polar surface area (TPSA) is 38.1 Å². The summed E-state index contributed by atoms with van der Waals surface area (Å²) in [6, 6.07) is 6.01. The van der Waals surface area contributed by atoms with Crippen molar-refractivity contribution in [2.75, 3.05) is 13.1 Å². The Morgan fingerprint density at radius 1 is 1.20 bits per heavy atom. The molecule has 3 rings (SSSR count). The molecule has 4 heteroatoms. The van der Waals surface area contributed by atoms with Crippen LogP contribution in [0.5, 0.6) is 0 Å². The van der Waals surface area contributed by atoms with Gasteiger partial charge in [0.05, 0.1) is 0 Å². The molecule has 0 spiro atoms. The van der Waals surface area contributed by atoms with E-state index in [1.165, 1.54) is 29.8 Å². The van der Waals surface area contributed by atoms with Crippen LogP contribution in [-0.2, 0) is 6.54 Å². The highest BCUT2D eigenvalue weighted by Gasteiger charge is 2.27. The molecule has 1 aliphatic rings. The van der Waals surface area contributed by atoms with Gasteiger partial charge in [0, 0.05) is 43.5 Å². The number of carbonyl (C=O) groups is 1. The summed E-state index contributed by atoms with van der Waals surface area (Å²) < 4.78 is 2.30. The third kappa shape index (κ3) is 3.94. The van der Waals surface area contributed by atoms with Crippen molar-refractivity contribution in [3.63, 3.8) is 0 Å². The SMILES string of the molecule is CCCCn1ccnc1C1CCN(C(=O)c2ccc(C)c(C)c2)CC1. The maximum Gasteiger partial charge on any atom is 0.253 e. The lowest BCUT2D eigenvalue weighted by atomic mass is 9.95. The third-order valence-electron chi connectivity index (χ3n) is 5.40. The molecule has 1 aromatic heterocycles. The standard InChI is InChI=1S/C21H29N3O/c1-4-5-11-23-14-10-22-20(23)18-8-12-24(13-9-18)21(25)19-7-6-16(2)17(3)15-19/h6-7,10,14-15,18H,4-5,8-9,11-13H2,1-3H3. The van der Waals surface area contributed by atoms with E-state index in [0.717, 1.165) is 38.0 Å². The Kier molecular flexibility index (Phi) is 5.57. The third-order valence-corrected chi connectivity index (χ3v) is 5.40. The van der Waals surface area contributed by atoms with E-state index in [-0.39, 0.29) is 5.91 Å². The Morgan fingerprint density at radius 2 is 1.96 bits per heavy atom. The molecule has 1 amide bonds. The van der Waals surface area contributed by atoms with Gasteiger partial charge in [0.1, 0.15) is 5.82 Å². The number of unbranched alkanes of at least 4 members (excludes halogenated alkanes) is 1. The number of nitrogens with zero attached hydrogens (tertiary/aromatic N) is 3. The number of hydrogen-bond donors (Lipinski definition) is 0. The van der Waals surface area contributed by atoms with Crippen LogP contribution in [0.2, 0.25) is 0 Å². The van der Waals surface area contributed by atoms with Crippen LogP contribution in [0.4, 0.5) is 0 Å². The molecule has 0 unspecified atom stereocenters. The Labute approximate surface area is 150 Å². The van der Waals surface area contributed by atoms with Crippen molar-refractivity contribution >= 4 is 5.91 Å². The van der Waals surface area contributed by atoms with Gasteiger partial charge in [-0.2, -0.15) is 0 Å². The van der Waals surface area contributed by atoms with E-state index >= 15 is 0 Å². The highest BCUT2D eigenvalue weighted by Crippen LogP contribution is 2.28. The van der Waals surface area contributed by atoms with E-state index < -0.39 is 0 Å². The second-order valence-electron chi connectivity index (χ2n) is 7.20. The minimum atomic E-state index is 0.163. The summed E-state index contributed by atoms with van der Waals surface area (Å²) in [6.45, 7) is 9.04. The van der Waals surface area contributed by atoms with Crippen molar-refractivity contribution in [1.82, 2.24) is 14.5 Å². The fourth-order valence-electron chi connectivity index (χ4n) is 3.60. The fraction of sp³-hybridized carbons (Fsp3) is 0.524. The maximum absolute atomic E-state index is 12.8. The lowest BCUT2D eigenvalue weighted by Gasteiger charge is -2.32. The van der Waals surface area contributed by atoms with Crippen molar-refractivity contribution in [2.45, 2.75) is 58.9 Å². The number of likely N-dealkylation sites (tertiary alicyclic amines) is 1. The van der Waals surface area contributed by atoms with E-state index in [0.29, 0.717) is 5.92 Å².